The molecule has 0 aliphatic heterocycles. The van der Waals surface area contributed by atoms with Gasteiger partial charge < -0.3 is 38.6 Å². The van der Waals surface area contributed by atoms with Gasteiger partial charge in [0.25, 0.3) is 0 Å². The first kappa shape index (κ1) is 36.9. The van der Waals surface area contributed by atoms with Crippen LogP contribution in [0, 0.1) is 22.7 Å². The van der Waals surface area contributed by atoms with Gasteiger partial charge in [0.1, 0.15) is 30.5 Å². The molecule has 3 aliphatic rings. The lowest BCUT2D eigenvalue weighted by molar-refractivity contribution is -0.299. The molecule has 0 radical (unpaired) electrons. The van der Waals surface area contributed by atoms with Crippen molar-refractivity contribution in [2.75, 3.05) is 6.61 Å². The van der Waals surface area contributed by atoms with Crippen LogP contribution in [-0.4, -0.2) is 94.9 Å². The summed E-state index contributed by atoms with van der Waals surface area (Å²) in [6.07, 6.45) is -8.70. The van der Waals surface area contributed by atoms with Crippen molar-refractivity contribution in [3.8, 4) is 0 Å². The SMILES string of the molecule is CC(=O)OC[C@@]1(O)[C@H]2[C@@H](OC(C)=O)[C@@H]3C[C@H](OC(C)=O)C(C)=C([C@@H](OC(C)=O)[C@H](OC(C)=O)[C@]2(C)[C@@H](OC(C)=O)C[C@@H]1O)C3(C)C. The molecule has 0 heterocycles. The summed E-state index contributed by atoms with van der Waals surface area (Å²) in [5.41, 5.74) is -4.37. The summed E-state index contributed by atoms with van der Waals surface area (Å²) >= 11 is 0. The van der Waals surface area contributed by atoms with Gasteiger partial charge in [-0.15, -0.1) is 0 Å². The Kier molecular flexibility index (Phi) is 10.7. The van der Waals surface area contributed by atoms with Gasteiger partial charge >= 0.3 is 35.8 Å². The molecule has 0 spiro atoms. The van der Waals surface area contributed by atoms with Crippen LogP contribution in [-0.2, 0) is 57.2 Å². The van der Waals surface area contributed by atoms with Crippen molar-refractivity contribution in [1.29, 1.82) is 0 Å². The van der Waals surface area contributed by atoms with Gasteiger partial charge in [-0.05, 0) is 29.9 Å². The molecule has 0 unspecified atom stereocenters. The summed E-state index contributed by atoms with van der Waals surface area (Å²) in [5, 5.41) is 24.1. The Morgan fingerprint density at radius 3 is 1.74 bits per heavy atom. The first-order chi connectivity index (χ1) is 21.1. The van der Waals surface area contributed by atoms with Crippen LogP contribution in [0.4, 0.5) is 0 Å². The predicted octanol–water partition coefficient (Wildman–Crippen LogP) is 1.70. The lowest BCUT2D eigenvalue weighted by Gasteiger charge is -2.64. The van der Waals surface area contributed by atoms with Crippen molar-refractivity contribution in [3.63, 3.8) is 0 Å². The van der Waals surface area contributed by atoms with Crippen LogP contribution in [0.3, 0.4) is 0 Å². The van der Waals surface area contributed by atoms with Gasteiger partial charge in [0.2, 0.25) is 0 Å². The molecular weight excluding hydrogens is 608 g/mol. The van der Waals surface area contributed by atoms with Gasteiger partial charge in [0.05, 0.1) is 11.5 Å². The minimum atomic E-state index is -2.41. The number of hydrogen-bond donors (Lipinski definition) is 2. The standard InChI is InChI=1S/C32H46O14/c1-14-22(42-16(3)34)11-21-26(44-18(5)36)28-31(10,24(43-17(4)35)12-23(39)32(28,40)13-41-15(2)33)29(46-20(7)38)27(45-19(6)37)25(14)30(21,8)9/h21-24,26-29,39-40H,11-13H2,1-10H3/t21-,22-,23-,24-,26-,27+,28-,29-,31+,32-/m0/s1. The highest BCUT2D eigenvalue weighted by molar-refractivity contribution is 5.70. The third-order valence-corrected chi connectivity index (χ3v) is 9.82. The Labute approximate surface area is 268 Å². The van der Waals surface area contributed by atoms with Gasteiger partial charge in [0, 0.05) is 59.8 Å². The van der Waals surface area contributed by atoms with E-state index in [9.17, 15) is 39.0 Å². The Balaban J connectivity index is 2.60. The smallest absolute Gasteiger partial charge is 0.303 e. The number of esters is 6. The third-order valence-electron chi connectivity index (χ3n) is 9.82. The number of fused-ring (bicyclic) bond motifs is 3. The van der Waals surface area contributed by atoms with E-state index in [1.165, 1.54) is 13.8 Å². The van der Waals surface area contributed by atoms with E-state index in [1.807, 2.05) is 0 Å². The molecule has 46 heavy (non-hydrogen) atoms. The fourth-order valence-electron chi connectivity index (χ4n) is 8.16. The van der Waals surface area contributed by atoms with Crippen LogP contribution >= 0.6 is 0 Å². The largest absolute Gasteiger partial charge is 0.463 e. The van der Waals surface area contributed by atoms with Crippen molar-refractivity contribution >= 4 is 35.8 Å². The number of aliphatic hydroxyl groups excluding tert-OH is 1. The lowest BCUT2D eigenvalue weighted by Crippen LogP contribution is -2.76. The summed E-state index contributed by atoms with van der Waals surface area (Å²) in [6, 6.07) is 0. The van der Waals surface area contributed by atoms with Crippen molar-refractivity contribution in [3.05, 3.63) is 11.1 Å². The summed E-state index contributed by atoms with van der Waals surface area (Å²) in [4.78, 5) is 75.5. The average molecular weight is 655 g/mol. The molecule has 10 atom stereocenters. The zero-order valence-corrected chi connectivity index (χ0v) is 28.0. The van der Waals surface area contributed by atoms with E-state index in [0.717, 1.165) is 34.6 Å². The Morgan fingerprint density at radius 1 is 0.739 bits per heavy atom. The average Bonchev–Trinajstić information content (AvgIpc) is 2.88. The molecule has 0 saturated heterocycles. The molecule has 0 aromatic carbocycles. The Hall–Kier alpha value is -3.52. The number of aliphatic hydroxyl groups is 2. The van der Waals surface area contributed by atoms with Crippen LogP contribution < -0.4 is 0 Å². The Morgan fingerprint density at radius 2 is 1.26 bits per heavy atom. The molecule has 3 aliphatic carbocycles. The molecule has 2 N–H and O–H groups in total. The first-order valence-electron chi connectivity index (χ1n) is 15.2. The number of rotatable bonds is 7. The van der Waals surface area contributed by atoms with Gasteiger partial charge in [0.15, 0.2) is 12.2 Å². The van der Waals surface area contributed by atoms with E-state index in [0.29, 0.717) is 11.1 Å². The summed E-state index contributed by atoms with van der Waals surface area (Å²) in [7, 11) is 0. The lowest BCUT2D eigenvalue weighted by atomic mass is 9.46. The highest BCUT2D eigenvalue weighted by Crippen LogP contribution is 2.62. The van der Waals surface area contributed by atoms with E-state index in [1.54, 1.807) is 20.8 Å². The van der Waals surface area contributed by atoms with Crippen molar-refractivity contribution in [2.45, 2.75) is 124 Å². The zero-order chi connectivity index (χ0) is 35.1. The third kappa shape index (κ3) is 6.78. The van der Waals surface area contributed by atoms with Crippen molar-refractivity contribution < 1.29 is 67.4 Å². The molecule has 2 saturated carbocycles. The fourth-order valence-corrected chi connectivity index (χ4v) is 8.16. The highest BCUT2D eigenvalue weighted by atomic mass is 16.6. The second kappa shape index (κ2) is 13.3. The maximum absolute atomic E-state index is 12.9. The monoisotopic (exact) mass is 654 g/mol. The summed E-state index contributed by atoms with van der Waals surface area (Å²) < 4.78 is 34.8. The van der Waals surface area contributed by atoms with E-state index in [4.69, 9.17) is 28.4 Å². The van der Waals surface area contributed by atoms with Gasteiger partial charge in [-0.3, -0.25) is 28.8 Å². The van der Waals surface area contributed by atoms with Crippen LogP contribution in [0.15, 0.2) is 11.1 Å². The second-order valence-corrected chi connectivity index (χ2v) is 13.4. The van der Waals surface area contributed by atoms with Gasteiger partial charge in [-0.2, -0.15) is 0 Å². The van der Waals surface area contributed by atoms with Crippen LogP contribution in [0.25, 0.3) is 0 Å². The van der Waals surface area contributed by atoms with E-state index >= 15 is 0 Å². The Bertz CT molecular complexity index is 1300. The maximum Gasteiger partial charge on any atom is 0.303 e. The minimum absolute atomic E-state index is 0.0510. The van der Waals surface area contributed by atoms with Crippen LogP contribution in [0.2, 0.25) is 0 Å². The second-order valence-electron chi connectivity index (χ2n) is 13.4. The normalized spacial score (nSPS) is 36.5. The molecule has 0 amide bonds. The zero-order valence-electron chi connectivity index (χ0n) is 28.0. The predicted molar refractivity (Wildman–Crippen MR) is 156 cm³/mol. The number of ether oxygens (including phenoxy) is 6. The molecule has 14 heteroatoms. The fraction of sp³-hybridized carbons (Fsp3) is 0.750. The molecule has 2 fully saturated rings. The van der Waals surface area contributed by atoms with E-state index in [2.05, 4.69) is 0 Å². The van der Waals surface area contributed by atoms with E-state index in [-0.39, 0.29) is 6.42 Å². The molecule has 258 valence electrons. The maximum atomic E-state index is 12.9. The van der Waals surface area contributed by atoms with Gasteiger partial charge in [-0.1, -0.05) is 20.8 Å². The van der Waals surface area contributed by atoms with Crippen molar-refractivity contribution in [2.24, 2.45) is 22.7 Å². The van der Waals surface area contributed by atoms with Crippen LogP contribution in [0.1, 0.15) is 82.1 Å². The number of carbonyl (C=O) groups is 6. The summed E-state index contributed by atoms with van der Waals surface area (Å²) in [6.45, 7) is 12.9. The quantitative estimate of drug-likeness (QED) is 0.228. The van der Waals surface area contributed by atoms with Crippen LogP contribution in [0.5, 0.6) is 0 Å². The van der Waals surface area contributed by atoms with E-state index < -0.39 is 114 Å². The molecule has 2 bridgehead atoms. The number of carbonyl (C=O) groups excluding carboxylic acids is 6. The summed E-state index contributed by atoms with van der Waals surface area (Å²) in [5.74, 6) is -6.90. The van der Waals surface area contributed by atoms with Crippen molar-refractivity contribution in [1.82, 2.24) is 0 Å². The molecule has 0 aromatic rings. The van der Waals surface area contributed by atoms with Gasteiger partial charge in [-0.25, -0.2) is 0 Å². The minimum Gasteiger partial charge on any atom is -0.463 e. The first-order valence-corrected chi connectivity index (χ1v) is 15.2. The number of hydrogen-bond acceptors (Lipinski definition) is 14. The molecule has 14 nitrogen and oxygen atoms in total. The molecule has 3 rings (SSSR count). The topological polar surface area (TPSA) is 198 Å². The molecule has 0 aromatic heterocycles. The molecular formula is C32H46O14. The highest BCUT2D eigenvalue weighted by Gasteiger charge is 2.73.